The highest BCUT2D eigenvalue weighted by atomic mass is 16.5. The molecule has 4 fully saturated rings. The van der Waals surface area contributed by atoms with Crippen LogP contribution >= 0.6 is 0 Å². The van der Waals surface area contributed by atoms with E-state index >= 15 is 0 Å². The van der Waals surface area contributed by atoms with Crippen molar-refractivity contribution in [2.75, 3.05) is 13.7 Å². The standard InChI is InChI=1S/C16H25NO3/c1-14-4-11-5-15(2,8-14)10-16(6-11,9-14)13(19)17-7-12(18)20-3/h11H,4-10H2,1-3H3,(H,17,19)/t11?,14-,15+,16?. The van der Waals surface area contributed by atoms with E-state index in [1.54, 1.807) is 0 Å². The number of methoxy groups -OCH3 is 1. The van der Waals surface area contributed by atoms with Crippen molar-refractivity contribution in [2.24, 2.45) is 22.2 Å². The van der Waals surface area contributed by atoms with E-state index in [0.717, 1.165) is 19.3 Å². The molecule has 0 heterocycles. The van der Waals surface area contributed by atoms with Gasteiger partial charge in [-0.15, -0.1) is 0 Å². The van der Waals surface area contributed by atoms with Gasteiger partial charge in [-0.25, -0.2) is 0 Å². The maximum atomic E-state index is 12.7. The minimum Gasteiger partial charge on any atom is -0.468 e. The Kier molecular flexibility index (Phi) is 2.93. The van der Waals surface area contributed by atoms with Crippen molar-refractivity contribution >= 4 is 11.9 Å². The number of amides is 1. The molecule has 4 heteroatoms. The van der Waals surface area contributed by atoms with Gasteiger partial charge in [-0.2, -0.15) is 0 Å². The number of hydrogen-bond acceptors (Lipinski definition) is 3. The first kappa shape index (κ1) is 13.9. The van der Waals surface area contributed by atoms with Crippen molar-refractivity contribution in [2.45, 2.75) is 52.4 Å². The number of carbonyl (C=O) groups excluding carboxylic acids is 2. The molecule has 0 aliphatic heterocycles. The maximum absolute atomic E-state index is 12.7. The Balaban J connectivity index is 1.78. The number of carbonyl (C=O) groups is 2. The highest BCUT2D eigenvalue weighted by molar-refractivity contribution is 5.86. The number of hydrogen-bond donors (Lipinski definition) is 1. The second-order valence-electron chi connectivity index (χ2n) is 8.17. The third-order valence-electron chi connectivity index (χ3n) is 5.73. The van der Waals surface area contributed by atoms with Crippen LogP contribution in [-0.2, 0) is 14.3 Å². The predicted octanol–water partition coefficient (Wildman–Crippen LogP) is 2.27. The zero-order valence-corrected chi connectivity index (χ0v) is 12.8. The second-order valence-corrected chi connectivity index (χ2v) is 8.17. The Morgan fingerprint density at radius 2 is 1.70 bits per heavy atom. The van der Waals surface area contributed by atoms with E-state index in [1.807, 2.05) is 0 Å². The highest BCUT2D eigenvalue weighted by Crippen LogP contribution is 2.69. The minimum atomic E-state index is -0.375. The van der Waals surface area contributed by atoms with E-state index in [0.29, 0.717) is 16.7 Å². The van der Waals surface area contributed by atoms with Gasteiger partial charge in [-0.05, 0) is 55.3 Å². The normalized spacial score (nSPS) is 45.2. The predicted molar refractivity (Wildman–Crippen MR) is 74.9 cm³/mol. The maximum Gasteiger partial charge on any atom is 0.325 e. The number of ether oxygens (including phenoxy) is 1. The lowest BCUT2D eigenvalue weighted by Crippen LogP contribution is -2.60. The smallest absolute Gasteiger partial charge is 0.325 e. The van der Waals surface area contributed by atoms with Crippen molar-refractivity contribution in [3.63, 3.8) is 0 Å². The van der Waals surface area contributed by atoms with Gasteiger partial charge in [0.05, 0.1) is 12.5 Å². The number of rotatable bonds is 3. The molecule has 0 aromatic rings. The first-order chi connectivity index (χ1) is 9.28. The molecule has 1 N–H and O–H groups in total. The average molecular weight is 279 g/mol. The van der Waals surface area contributed by atoms with Crippen LogP contribution in [0.4, 0.5) is 0 Å². The zero-order chi connectivity index (χ0) is 14.6. The quantitative estimate of drug-likeness (QED) is 0.806. The minimum absolute atomic E-state index is 0.00478. The monoisotopic (exact) mass is 279 g/mol. The van der Waals surface area contributed by atoms with Crippen molar-refractivity contribution < 1.29 is 14.3 Å². The Bertz CT molecular complexity index is 441. The zero-order valence-electron chi connectivity index (χ0n) is 12.8. The molecule has 20 heavy (non-hydrogen) atoms. The first-order valence-corrected chi connectivity index (χ1v) is 7.63. The van der Waals surface area contributed by atoms with E-state index in [2.05, 4.69) is 23.9 Å². The molecule has 4 bridgehead atoms. The lowest BCUT2D eigenvalue weighted by atomic mass is 9.40. The summed E-state index contributed by atoms with van der Waals surface area (Å²) in [7, 11) is 1.35. The van der Waals surface area contributed by atoms with Gasteiger partial charge in [0.15, 0.2) is 0 Å². The van der Waals surface area contributed by atoms with Crippen molar-refractivity contribution in [1.29, 1.82) is 0 Å². The summed E-state index contributed by atoms with van der Waals surface area (Å²) in [4.78, 5) is 23.9. The van der Waals surface area contributed by atoms with E-state index in [1.165, 1.54) is 26.4 Å². The molecule has 112 valence electrons. The van der Waals surface area contributed by atoms with Crippen LogP contribution in [0.2, 0.25) is 0 Å². The molecule has 2 unspecified atom stereocenters. The highest BCUT2D eigenvalue weighted by Gasteiger charge is 2.62. The second kappa shape index (κ2) is 4.22. The van der Waals surface area contributed by atoms with Crippen LogP contribution < -0.4 is 5.32 Å². The summed E-state index contributed by atoms with van der Waals surface area (Å²) >= 11 is 0. The fourth-order valence-corrected chi connectivity index (χ4v) is 6.11. The Morgan fingerprint density at radius 1 is 1.10 bits per heavy atom. The summed E-state index contributed by atoms with van der Waals surface area (Å²) in [5.41, 5.74) is 0.393. The molecule has 4 nitrogen and oxygen atoms in total. The molecule has 4 aliphatic carbocycles. The summed E-state index contributed by atoms with van der Waals surface area (Å²) in [6.07, 6.45) is 6.77. The molecule has 4 aliphatic rings. The SMILES string of the molecule is COC(=O)CNC(=O)C12CC3C[C@@](C)(C1)C[C@](C)(C3)C2. The van der Waals surface area contributed by atoms with Gasteiger partial charge in [0.2, 0.25) is 5.91 Å². The average Bonchev–Trinajstić information content (AvgIpc) is 2.30. The van der Waals surface area contributed by atoms with Crippen LogP contribution in [0.5, 0.6) is 0 Å². The molecule has 0 aromatic carbocycles. The van der Waals surface area contributed by atoms with E-state index in [4.69, 9.17) is 0 Å². The lowest BCUT2D eigenvalue weighted by molar-refractivity contribution is -0.170. The summed E-state index contributed by atoms with van der Waals surface area (Å²) in [5.74, 6) is 0.384. The van der Waals surface area contributed by atoms with Crippen LogP contribution in [0, 0.1) is 22.2 Å². The van der Waals surface area contributed by atoms with Gasteiger partial charge in [-0.3, -0.25) is 9.59 Å². The summed E-state index contributed by atoms with van der Waals surface area (Å²) in [6, 6.07) is 0. The van der Waals surface area contributed by atoms with E-state index < -0.39 is 0 Å². The van der Waals surface area contributed by atoms with E-state index in [9.17, 15) is 9.59 Å². The van der Waals surface area contributed by atoms with E-state index in [-0.39, 0.29) is 23.8 Å². The van der Waals surface area contributed by atoms with Crippen LogP contribution in [0.15, 0.2) is 0 Å². The van der Waals surface area contributed by atoms with Gasteiger partial charge in [0.25, 0.3) is 0 Å². The van der Waals surface area contributed by atoms with Gasteiger partial charge in [0, 0.05) is 0 Å². The lowest BCUT2D eigenvalue weighted by Gasteiger charge is -2.64. The molecule has 4 rings (SSSR count). The molecular formula is C16H25NO3. The molecular weight excluding hydrogens is 254 g/mol. The van der Waals surface area contributed by atoms with Crippen LogP contribution in [0.25, 0.3) is 0 Å². The largest absolute Gasteiger partial charge is 0.468 e. The third kappa shape index (κ3) is 2.13. The summed E-state index contributed by atoms with van der Waals surface area (Å²) in [6.45, 7) is 4.69. The Morgan fingerprint density at radius 3 is 2.20 bits per heavy atom. The van der Waals surface area contributed by atoms with Crippen molar-refractivity contribution in [3.8, 4) is 0 Å². The van der Waals surface area contributed by atoms with Gasteiger partial charge >= 0.3 is 5.97 Å². The van der Waals surface area contributed by atoms with Gasteiger partial charge in [-0.1, -0.05) is 13.8 Å². The fourth-order valence-electron chi connectivity index (χ4n) is 6.11. The summed E-state index contributed by atoms with van der Waals surface area (Å²) in [5, 5.41) is 2.81. The van der Waals surface area contributed by atoms with Gasteiger partial charge < -0.3 is 10.1 Å². The molecule has 0 aromatic heterocycles. The van der Waals surface area contributed by atoms with Crippen LogP contribution in [0.3, 0.4) is 0 Å². The Hall–Kier alpha value is -1.06. The fraction of sp³-hybridized carbons (Fsp3) is 0.875. The number of esters is 1. The third-order valence-corrected chi connectivity index (χ3v) is 5.73. The first-order valence-electron chi connectivity index (χ1n) is 7.63. The molecule has 0 radical (unpaired) electrons. The number of nitrogens with one attached hydrogen (secondary N) is 1. The van der Waals surface area contributed by atoms with Gasteiger partial charge in [0.1, 0.15) is 6.54 Å². The molecule has 4 atom stereocenters. The molecule has 1 amide bonds. The van der Waals surface area contributed by atoms with Crippen molar-refractivity contribution in [3.05, 3.63) is 0 Å². The molecule has 4 saturated carbocycles. The van der Waals surface area contributed by atoms with Crippen LogP contribution in [-0.4, -0.2) is 25.5 Å². The Labute approximate surface area is 120 Å². The van der Waals surface area contributed by atoms with Crippen LogP contribution in [0.1, 0.15) is 52.4 Å². The molecule has 0 spiro atoms. The van der Waals surface area contributed by atoms with Crippen molar-refractivity contribution in [1.82, 2.24) is 5.32 Å². The molecule has 0 saturated heterocycles. The topological polar surface area (TPSA) is 55.4 Å². The summed E-state index contributed by atoms with van der Waals surface area (Å²) < 4.78 is 4.61.